The molecule has 2 aromatic heterocycles. The highest BCUT2D eigenvalue weighted by molar-refractivity contribution is 5.98. The molecule has 7 heteroatoms. The van der Waals surface area contributed by atoms with E-state index in [1.54, 1.807) is 6.92 Å². The van der Waals surface area contributed by atoms with Gasteiger partial charge in [-0.25, -0.2) is 4.79 Å². The van der Waals surface area contributed by atoms with Crippen LogP contribution in [0.15, 0.2) is 22.2 Å². The number of methoxy groups -OCH3 is 1. The van der Waals surface area contributed by atoms with Crippen molar-refractivity contribution < 1.29 is 18.8 Å². The van der Waals surface area contributed by atoms with E-state index in [-0.39, 0.29) is 12.2 Å². The standard InChI is InChI=1S/C18H21N3O4/c1-11-6-15(14(4)21(11)17-7-12(2)25-20-17)8-16(9-19)18(22)24-13(3)10-23-5/h6-8,13H,10H2,1-5H3/b16-8+/t13-/m1/s1. The van der Waals surface area contributed by atoms with Crippen LogP contribution in [0.25, 0.3) is 11.9 Å². The third-order valence-electron chi connectivity index (χ3n) is 3.66. The molecule has 1 atom stereocenters. The van der Waals surface area contributed by atoms with Gasteiger partial charge >= 0.3 is 5.97 Å². The van der Waals surface area contributed by atoms with Gasteiger partial charge in [-0.15, -0.1) is 0 Å². The summed E-state index contributed by atoms with van der Waals surface area (Å²) in [5.74, 6) is 0.684. The number of carbonyl (C=O) groups excluding carboxylic acids is 1. The van der Waals surface area contributed by atoms with Crippen LogP contribution >= 0.6 is 0 Å². The summed E-state index contributed by atoms with van der Waals surface area (Å²) < 4.78 is 17.1. The molecule has 0 spiro atoms. The van der Waals surface area contributed by atoms with E-state index in [2.05, 4.69) is 5.16 Å². The van der Waals surface area contributed by atoms with E-state index >= 15 is 0 Å². The number of carbonyl (C=O) groups is 1. The Morgan fingerprint density at radius 1 is 1.44 bits per heavy atom. The van der Waals surface area contributed by atoms with Crippen LogP contribution in [0.3, 0.4) is 0 Å². The molecule has 0 saturated heterocycles. The molecule has 132 valence electrons. The molecule has 2 aromatic rings. The van der Waals surface area contributed by atoms with Crippen molar-refractivity contribution in [2.24, 2.45) is 0 Å². The highest BCUT2D eigenvalue weighted by atomic mass is 16.6. The molecule has 0 aliphatic rings. The maximum atomic E-state index is 12.1. The van der Waals surface area contributed by atoms with Gasteiger partial charge in [-0.05, 0) is 45.4 Å². The highest BCUT2D eigenvalue weighted by Crippen LogP contribution is 2.23. The lowest BCUT2D eigenvalue weighted by Crippen LogP contribution is -2.20. The Kier molecular flexibility index (Phi) is 5.78. The second-order valence-corrected chi connectivity index (χ2v) is 5.80. The van der Waals surface area contributed by atoms with Gasteiger partial charge in [-0.1, -0.05) is 5.16 Å². The zero-order valence-corrected chi connectivity index (χ0v) is 15.0. The number of esters is 1. The lowest BCUT2D eigenvalue weighted by molar-refractivity contribution is -0.145. The van der Waals surface area contributed by atoms with Gasteiger partial charge in [0.2, 0.25) is 0 Å². The monoisotopic (exact) mass is 343 g/mol. The Bertz CT molecular complexity index is 839. The smallest absolute Gasteiger partial charge is 0.349 e. The number of nitrogens with zero attached hydrogens (tertiary/aromatic N) is 3. The first-order valence-electron chi connectivity index (χ1n) is 7.81. The first-order chi connectivity index (χ1) is 11.9. The molecule has 0 aliphatic heterocycles. The zero-order valence-electron chi connectivity index (χ0n) is 15.0. The van der Waals surface area contributed by atoms with E-state index in [0.29, 0.717) is 11.6 Å². The van der Waals surface area contributed by atoms with E-state index < -0.39 is 12.1 Å². The van der Waals surface area contributed by atoms with Crippen molar-refractivity contribution in [2.45, 2.75) is 33.8 Å². The van der Waals surface area contributed by atoms with Crippen molar-refractivity contribution in [3.8, 4) is 11.9 Å². The Balaban J connectivity index is 2.33. The first-order valence-corrected chi connectivity index (χ1v) is 7.81. The summed E-state index contributed by atoms with van der Waals surface area (Å²) in [5.41, 5.74) is 2.43. The van der Waals surface area contributed by atoms with Crippen LogP contribution in [0, 0.1) is 32.1 Å². The molecule has 0 saturated carbocycles. The summed E-state index contributed by atoms with van der Waals surface area (Å²) >= 11 is 0. The molecule has 0 unspecified atom stereocenters. The second kappa shape index (κ2) is 7.81. The van der Waals surface area contributed by atoms with Crippen LogP contribution in [-0.2, 0) is 14.3 Å². The third-order valence-corrected chi connectivity index (χ3v) is 3.66. The molecule has 0 amide bonds. The lowest BCUT2D eigenvalue weighted by Gasteiger charge is -2.11. The van der Waals surface area contributed by atoms with Gasteiger partial charge in [0.15, 0.2) is 5.82 Å². The van der Waals surface area contributed by atoms with Gasteiger partial charge in [-0.2, -0.15) is 5.26 Å². The van der Waals surface area contributed by atoms with Gasteiger partial charge in [-0.3, -0.25) is 4.57 Å². The number of aryl methyl sites for hydroxylation is 2. The highest BCUT2D eigenvalue weighted by Gasteiger charge is 2.17. The molecule has 2 heterocycles. The lowest BCUT2D eigenvalue weighted by atomic mass is 10.1. The first kappa shape index (κ1) is 18.5. The Labute approximate surface area is 146 Å². The second-order valence-electron chi connectivity index (χ2n) is 5.80. The molecule has 0 radical (unpaired) electrons. The average molecular weight is 343 g/mol. The zero-order chi connectivity index (χ0) is 18.6. The molecule has 0 fully saturated rings. The fourth-order valence-electron chi connectivity index (χ4n) is 2.55. The molecule has 2 rings (SSSR count). The summed E-state index contributed by atoms with van der Waals surface area (Å²) in [4.78, 5) is 12.1. The number of hydrogen-bond acceptors (Lipinski definition) is 6. The fraction of sp³-hybridized carbons (Fsp3) is 0.389. The van der Waals surface area contributed by atoms with E-state index in [1.165, 1.54) is 13.2 Å². The van der Waals surface area contributed by atoms with Crippen molar-refractivity contribution in [3.05, 3.63) is 40.4 Å². The van der Waals surface area contributed by atoms with Gasteiger partial charge in [0.05, 0.1) is 6.61 Å². The summed E-state index contributed by atoms with van der Waals surface area (Å²) in [6.07, 6.45) is 1.09. The number of aromatic nitrogens is 2. The van der Waals surface area contributed by atoms with E-state index in [9.17, 15) is 10.1 Å². The largest absolute Gasteiger partial charge is 0.456 e. The van der Waals surface area contributed by atoms with Crippen LogP contribution in [0.4, 0.5) is 0 Å². The quantitative estimate of drug-likeness (QED) is 0.455. The third kappa shape index (κ3) is 4.17. The van der Waals surface area contributed by atoms with Gasteiger partial charge in [0.1, 0.15) is 23.5 Å². The predicted octanol–water partition coefficient (Wildman–Crippen LogP) is 2.88. The molecular formula is C18H21N3O4. The van der Waals surface area contributed by atoms with Gasteiger partial charge in [0.25, 0.3) is 0 Å². The molecule has 0 N–H and O–H groups in total. The Morgan fingerprint density at radius 3 is 2.72 bits per heavy atom. The normalized spacial score (nSPS) is 12.7. The average Bonchev–Trinajstić information content (AvgIpc) is 3.08. The van der Waals surface area contributed by atoms with Crippen LogP contribution in [0.1, 0.15) is 29.6 Å². The van der Waals surface area contributed by atoms with E-state index in [1.807, 2.05) is 43.5 Å². The van der Waals surface area contributed by atoms with Crippen molar-refractivity contribution in [1.29, 1.82) is 5.26 Å². The molecular weight excluding hydrogens is 322 g/mol. The number of hydrogen-bond donors (Lipinski definition) is 0. The maximum absolute atomic E-state index is 12.1. The van der Waals surface area contributed by atoms with Gasteiger partial charge in [0, 0.05) is 24.6 Å². The number of ether oxygens (including phenoxy) is 2. The van der Waals surface area contributed by atoms with E-state index in [0.717, 1.165) is 17.0 Å². The fourth-order valence-corrected chi connectivity index (χ4v) is 2.55. The van der Waals surface area contributed by atoms with Gasteiger partial charge < -0.3 is 14.0 Å². The minimum absolute atomic E-state index is 0.0699. The predicted molar refractivity (Wildman–Crippen MR) is 91.1 cm³/mol. The van der Waals surface area contributed by atoms with Crippen LogP contribution in [0.2, 0.25) is 0 Å². The number of nitriles is 1. The molecule has 0 aromatic carbocycles. The van der Waals surface area contributed by atoms with Crippen molar-refractivity contribution in [3.63, 3.8) is 0 Å². The summed E-state index contributed by atoms with van der Waals surface area (Å²) in [6, 6.07) is 5.60. The SMILES string of the molecule is COC[C@@H](C)OC(=O)/C(C#N)=C/c1cc(C)n(-c2cc(C)on2)c1C. The minimum Gasteiger partial charge on any atom is -0.456 e. The molecule has 7 nitrogen and oxygen atoms in total. The molecule has 0 aliphatic carbocycles. The Morgan fingerprint density at radius 2 is 2.16 bits per heavy atom. The number of rotatable bonds is 6. The Hall–Kier alpha value is -2.85. The molecule has 25 heavy (non-hydrogen) atoms. The van der Waals surface area contributed by atoms with Crippen LogP contribution in [-0.4, -0.2) is 35.5 Å². The summed E-state index contributed by atoms with van der Waals surface area (Å²) in [7, 11) is 1.52. The van der Waals surface area contributed by atoms with Crippen molar-refractivity contribution >= 4 is 12.0 Å². The van der Waals surface area contributed by atoms with Crippen LogP contribution < -0.4 is 0 Å². The van der Waals surface area contributed by atoms with Crippen molar-refractivity contribution in [1.82, 2.24) is 9.72 Å². The summed E-state index contributed by atoms with van der Waals surface area (Å²) in [6.45, 7) is 7.59. The van der Waals surface area contributed by atoms with E-state index in [4.69, 9.17) is 14.0 Å². The minimum atomic E-state index is -0.672. The maximum Gasteiger partial charge on any atom is 0.349 e. The summed E-state index contributed by atoms with van der Waals surface area (Å²) in [5, 5.41) is 13.3. The van der Waals surface area contributed by atoms with Crippen molar-refractivity contribution in [2.75, 3.05) is 13.7 Å². The molecule has 0 bridgehead atoms. The topological polar surface area (TPSA) is 90.3 Å². The van der Waals surface area contributed by atoms with Crippen LogP contribution in [0.5, 0.6) is 0 Å².